The Morgan fingerprint density at radius 2 is 0.900 bits per heavy atom. The number of benzene rings is 2. The van der Waals surface area contributed by atoms with Crippen LogP contribution in [-0.4, -0.2) is 0 Å². The number of hydrogen-bond acceptors (Lipinski definition) is 0. The molecule has 0 unspecified atom stereocenters. The first-order valence-electron chi connectivity index (χ1n) is 7.25. The van der Waals surface area contributed by atoms with E-state index in [0.717, 1.165) is 11.8 Å². The second-order valence-corrected chi connectivity index (χ2v) is 8.24. The molecule has 0 radical (unpaired) electrons. The van der Waals surface area contributed by atoms with Crippen molar-refractivity contribution >= 4 is 31.9 Å². The molecule has 2 heteroatoms. The fourth-order valence-corrected chi connectivity index (χ4v) is 7.11. The van der Waals surface area contributed by atoms with Gasteiger partial charge in [-0.3, -0.25) is 0 Å². The third-order valence-electron chi connectivity index (χ3n) is 5.64. The minimum Gasteiger partial charge on any atom is -0.0835 e. The van der Waals surface area contributed by atoms with Gasteiger partial charge in [0.2, 0.25) is 0 Å². The van der Waals surface area contributed by atoms with Gasteiger partial charge in [0.05, 0.1) is 0 Å². The van der Waals surface area contributed by atoms with E-state index in [4.69, 9.17) is 0 Å². The van der Waals surface area contributed by atoms with Crippen LogP contribution in [0.1, 0.15) is 43.7 Å². The van der Waals surface area contributed by atoms with Crippen LogP contribution in [0.5, 0.6) is 0 Å². The zero-order valence-corrected chi connectivity index (χ0v) is 14.0. The highest BCUT2D eigenvalue weighted by atomic mass is 79.9. The maximum Gasteiger partial charge on any atom is 0.0435 e. The molecule has 1 fully saturated rings. The van der Waals surface area contributed by atoms with E-state index >= 15 is 0 Å². The molecular weight excluding hydrogens is 376 g/mol. The van der Waals surface area contributed by atoms with E-state index in [-0.39, 0.29) is 0 Å². The molecule has 0 amide bonds. The van der Waals surface area contributed by atoms with Gasteiger partial charge in [0, 0.05) is 9.65 Å². The summed E-state index contributed by atoms with van der Waals surface area (Å²) in [7, 11) is 0. The molecular formula is C18H14Br2. The Morgan fingerprint density at radius 1 is 0.550 bits per heavy atom. The molecule has 1 saturated carbocycles. The van der Waals surface area contributed by atoms with Crippen molar-refractivity contribution in [3.8, 4) is 0 Å². The van der Waals surface area contributed by atoms with Crippen LogP contribution in [0.2, 0.25) is 0 Å². The Morgan fingerprint density at radius 3 is 1.30 bits per heavy atom. The largest absolute Gasteiger partial charge is 0.0835 e. The van der Waals surface area contributed by atoms with Crippen LogP contribution >= 0.6 is 31.9 Å². The predicted molar refractivity (Wildman–Crippen MR) is 88.7 cm³/mol. The lowest BCUT2D eigenvalue weighted by molar-refractivity contribution is 0.121. The fraction of sp³-hybridized carbons (Fsp3) is 0.333. The molecule has 2 aromatic carbocycles. The van der Waals surface area contributed by atoms with E-state index in [1.165, 1.54) is 11.1 Å². The quantitative estimate of drug-likeness (QED) is 0.507. The molecule has 20 heavy (non-hydrogen) atoms. The normalized spacial score (nSPS) is 39.5. The Kier molecular flexibility index (Phi) is 2.39. The molecule has 3 aliphatic carbocycles. The number of hydrogen-bond donors (Lipinski definition) is 0. The summed E-state index contributed by atoms with van der Waals surface area (Å²) >= 11 is 7.96. The molecule has 6 atom stereocenters. The van der Waals surface area contributed by atoms with Crippen molar-refractivity contribution in [2.75, 3.05) is 0 Å². The van der Waals surface area contributed by atoms with Crippen molar-refractivity contribution in [3.05, 3.63) is 70.8 Å². The van der Waals surface area contributed by atoms with Gasteiger partial charge >= 0.3 is 0 Å². The summed E-state index contributed by atoms with van der Waals surface area (Å²) in [6.07, 6.45) is 0. The molecule has 0 aliphatic heterocycles. The van der Waals surface area contributed by atoms with E-state index in [2.05, 4.69) is 80.4 Å². The number of alkyl halides is 2. The van der Waals surface area contributed by atoms with Crippen molar-refractivity contribution in [3.63, 3.8) is 0 Å². The van der Waals surface area contributed by atoms with E-state index in [0.29, 0.717) is 21.5 Å². The highest BCUT2D eigenvalue weighted by molar-refractivity contribution is 9.09. The minimum atomic E-state index is 0.527. The van der Waals surface area contributed by atoms with E-state index in [9.17, 15) is 0 Å². The Bertz CT molecular complexity index is 647. The van der Waals surface area contributed by atoms with Gasteiger partial charge in [-0.25, -0.2) is 0 Å². The van der Waals surface area contributed by atoms with Crippen LogP contribution in [0, 0.1) is 11.8 Å². The SMILES string of the molecule is Br[C@@H]1c2ccccc2[C@@H]2[C@@H]3c4ccccc4[C@H](Br)[C@@H]3[C@@H]21. The molecule has 0 aromatic heterocycles. The van der Waals surface area contributed by atoms with Crippen LogP contribution in [0.25, 0.3) is 0 Å². The van der Waals surface area contributed by atoms with Gasteiger partial charge < -0.3 is 0 Å². The van der Waals surface area contributed by atoms with Gasteiger partial charge in [0.25, 0.3) is 0 Å². The van der Waals surface area contributed by atoms with Crippen LogP contribution in [0.4, 0.5) is 0 Å². The summed E-state index contributed by atoms with van der Waals surface area (Å²) in [4.78, 5) is 1.05. The van der Waals surface area contributed by atoms with Gasteiger partial charge in [-0.1, -0.05) is 80.4 Å². The van der Waals surface area contributed by atoms with E-state index in [1.54, 1.807) is 11.1 Å². The Labute approximate surface area is 135 Å². The summed E-state index contributed by atoms with van der Waals surface area (Å²) in [5.41, 5.74) is 6.21. The third-order valence-corrected chi connectivity index (χ3v) is 7.85. The first-order valence-corrected chi connectivity index (χ1v) is 9.08. The maximum absolute atomic E-state index is 3.98. The van der Waals surface area contributed by atoms with Crippen molar-refractivity contribution in [2.45, 2.75) is 21.5 Å². The molecule has 5 rings (SSSR count). The second kappa shape index (κ2) is 3.98. The van der Waals surface area contributed by atoms with Gasteiger partial charge in [-0.2, -0.15) is 0 Å². The van der Waals surface area contributed by atoms with Crippen LogP contribution < -0.4 is 0 Å². The topological polar surface area (TPSA) is 0 Å². The van der Waals surface area contributed by atoms with Gasteiger partial charge in [0.1, 0.15) is 0 Å². The van der Waals surface area contributed by atoms with E-state index in [1.807, 2.05) is 0 Å². The van der Waals surface area contributed by atoms with E-state index < -0.39 is 0 Å². The van der Waals surface area contributed by atoms with Crippen LogP contribution in [0.3, 0.4) is 0 Å². The average Bonchev–Trinajstić information content (AvgIpc) is 2.82. The summed E-state index contributed by atoms with van der Waals surface area (Å²) in [5, 5.41) is 0. The molecule has 0 saturated heterocycles. The molecule has 100 valence electrons. The van der Waals surface area contributed by atoms with Crippen molar-refractivity contribution in [1.82, 2.24) is 0 Å². The lowest BCUT2D eigenvalue weighted by atomic mass is 9.57. The summed E-state index contributed by atoms with van der Waals surface area (Å²) in [5.74, 6) is 2.91. The molecule has 0 N–H and O–H groups in total. The van der Waals surface area contributed by atoms with Crippen molar-refractivity contribution in [1.29, 1.82) is 0 Å². The minimum absolute atomic E-state index is 0.527. The number of fused-ring (bicyclic) bond motifs is 8. The zero-order chi connectivity index (χ0) is 13.4. The molecule has 0 spiro atoms. The lowest BCUT2D eigenvalue weighted by Gasteiger charge is -2.48. The predicted octanol–water partition coefficient (Wildman–Crippen LogP) is 5.70. The van der Waals surface area contributed by atoms with Crippen LogP contribution in [0.15, 0.2) is 48.5 Å². The fourth-order valence-electron chi connectivity index (χ4n) is 4.91. The molecule has 2 aromatic rings. The number of rotatable bonds is 0. The van der Waals surface area contributed by atoms with Crippen LogP contribution in [-0.2, 0) is 0 Å². The summed E-state index contributed by atoms with van der Waals surface area (Å²) < 4.78 is 0. The smallest absolute Gasteiger partial charge is 0.0435 e. The molecule has 0 nitrogen and oxygen atoms in total. The molecule has 0 bridgehead atoms. The summed E-state index contributed by atoms with van der Waals surface area (Å²) in [6.45, 7) is 0. The van der Waals surface area contributed by atoms with Crippen molar-refractivity contribution in [2.24, 2.45) is 11.8 Å². The Balaban J connectivity index is 1.69. The van der Waals surface area contributed by atoms with Gasteiger partial charge in [0.15, 0.2) is 0 Å². The second-order valence-electron chi connectivity index (χ2n) is 6.27. The lowest BCUT2D eigenvalue weighted by Crippen LogP contribution is -2.40. The third kappa shape index (κ3) is 1.24. The Hall–Kier alpha value is -0.600. The molecule has 0 heterocycles. The maximum atomic E-state index is 3.98. The first kappa shape index (κ1) is 12.0. The first-order chi connectivity index (χ1) is 9.79. The molecule has 3 aliphatic rings. The monoisotopic (exact) mass is 388 g/mol. The summed E-state index contributed by atoms with van der Waals surface area (Å²) in [6, 6.07) is 18.0. The average molecular weight is 390 g/mol. The van der Waals surface area contributed by atoms with Gasteiger partial charge in [-0.15, -0.1) is 0 Å². The van der Waals surface area contributed by atoms with Crippen molar-refractivity contribution < 1.29 is 0 Å². The zero-order valence-electron chi connectivity index (χ0n) is 10.8. The highest BCUT2D eigenvalue weighted by Crippen LogP contribution is 2.75. The number of halogens is 2. The van der Waals surface area contributed by atoms with Gasteiger partial charge in [-0.05, 0) is 45.9 Å². The standard InChI is InChI=1S/C18H14Br2/c19-17-11-7-3-1-5-9(11)13-14-10-6-2-4-8-12(10)18(20)16(14)15(13)17/h1-8,13-18H/t13-,14+,15-,16+,17-,18+. The highest BCUT2D eigenvalue weighted by Gasteiger charge is 2.63.